The number of methoxy groups -OCH3 is 1. The first-order chi connectivity index (χ1) is 5.51. The van der Waals surface area contributed by atoms with Crippen molar-refractivity contribution in [2.45, 2.75) is 25.6 Å². The number of hydrogen-bond donors (Lipinski definition) is 2. The Balaban J connectivity index is 2.84. The Morgan fingerprint density at radius 3 is 2.58 bits per heavy atom. The molecular formula is C8H17N3O. The Kier molecular flexibility index (Phi) is 2.53. The third kappa shape index (κ3) is 1.38. The molecule has 1 saturated heterocycles. The molecule has 0 aromatic carbocycles. The lowest BCUT2D eigenvalue weighted by Gasteiger charge is -2.30. The minimum atomic E-state index is -0.388. The first kappa shape index (κ1) is 9.67. The molecule has 2 unspecified atom stereocenters. The summed E-state index contributed by atoms with van der Waals surface area (Å²) >= 11 is 0. The molecular weight excluding hydrogens is 154 g/mol. The van der Waals surface area contributed by atoms with Gasteiger partial charge in [0.25, 0.3) is 0 Å². The summed E-state index contributed by atoms with van der Waals surface area (Å²) in [6.45, 7) is 7.91. The van der Waals surface area contributed by atoms with Crippen molar-refractivity contribution < 1.29 is 4.74 Å². The van der Waals surface area contributed by atoms with Gasteiger partial charge in [0.15, 0.2) is 0 Å². The van der Waals surface area contributed by atoms with Crippen LogP contribution in [0.5, 0.6) is 0 Å². The van der Waals surface area contributed by atoms with Crippen molar-refractivity contribution in [2.24, 2.45) is 0 Å². The fourth-order valence-corrected chi connectivity index (χ4v) is 1.67. The van der Waals surface area contributed by atoms with Crippen molar-refractivity contribution in [3.8, 4) is 0 Å². The minimum absolute atomic E-state index is 0.155. The van der Waals surface area contributed by atoms with Gasteiger partial charge in [-0.05, 0) is 13.8 Å². The summed E-state index contributed by atoms with van der Waals surface area (Å²) in [6, 6.07) is 0.155. The summed E-state index contributed by atoms with van der Waals surface area (Å²) < 4.78 is 5.37. The van der Waals surface area contributed by atoms with Gasteiger partial charge in [-0.3, -0.25) is 0 Å². The largest absolute Gasteiger partial charge is 0.361 e. The molecule has 0 amide bonds. The zero-order valence-corrected chi connectivity index (χ0v) is 8.14. The molecule has 0 aliphatic carbocycles. The maximum Gasteiger partial charge on any atom is 0.150 e. The molecule has 12 heavy (non-hydrogen) atoms. The van der Waals surface area contributed by atoms with Crippen LogP contribution in [0.2, 0.25) is 0 Å². The summed E-state index contributed by atoms with van der Waals surface area (Å²) in [4.78, 5) is 0. The molecule has 0 aromatic rings. The number of rotatable bonds is 2. The number of nitrogens with zero attached hydrogens (tertiary/aromatic N) is 1. The Labute approximate surface area is 73.5 Å². The molecule has 0 bridgehead atoms. The van der Waals surface area contributed by atoms with E-state index in [0.29, 0.717) is 0 Å². The highest BCUT2D eigenvalue weighted by Gasteiger charge is 2.42. The number of hydrogen-bond acceptors (Lipinski definition) is 4. The average Bonchev–Trinajstić information content (AvgIpc) is 2.28. The van der Waals surface area contributed by atoms with Crippen LogP contribution in [0, 0.1) is 0 Å². The van der Waals surface area contributed by atoms with Crippen LogP contribution in [-0.4, -0.2) is 30.9 Å². The molecule has 1 aliphatic heterocycles. The van der Waals surface area contributed by atoms with E-state index < -0.39 is 0 Å². The summed E-state index contributed by atoms with van der Waals surface area (Å²) in [5.41, 5.74) is 6.73. The van der Waals surface area contributed by atoms with Gasteiger partial charge in [0.05, 0.1) is 6.04 Å². The number of likely N-dealkylation sites (N-methyl/N-ethyl adjacent to an activating group) is 1. The van der Waals surface area contributed by atoms with E-state index in [9.17, 15) is 0 Å². The molecule has 4 heteroatoms. The van der Waals surface area contributed by atoms with E-state index in [-0.39, 0.29) is 11.8 Å². The molecule has 2 atom stereocenters. The van der Waals surface area contributed by atoms with Crippen molar-refractivity contribution in [2.75, 3.05) is 14.2 Å². The summed E-state index contributed by atoms with van der Waals surface area (Å²) in [5.74, 6) is 0. The summed E-state index contributed by atoms with van der Waals surface area (Å²) in [7, 11) is 3.64. The van der Waals surface area contributed by atoms with Gasteiger partial charge in [-0.25, -0.2) is 10.4 Å². The average molecular weight is 171 g/mol. The highest BCUT2D eigenvalue weighted by atomic mass is 16.5. The van der Waals surface area contributed by atoms with E-state index in [4.69, 9.17) is 4.74 Å². The van der Waals surface area contributed by atoms with E-state index in [2.05, 4.69) is 17.5 Å². The van der Waals surface area contributed by atoms with Gasteiger partial charge in [-0.1, -0.05) is 12.2 Å². The van der Waals surface area contributed by atoms with Gasteiger partial charge in [-0.15, -0.1) is 0 Å². The van der Waals surface area contributed by atoms with Crippen molar-refractivity contribution in [3.05, 3.63) is 12.2 Å². The van der Waals surface area contributed by atoms with Crippen molar-refractivity contribution in [3.63, 3.8) is 0 Å². The molecule has 0 spiro atoms. The second kappa shape index (κ2) is 3.14. The summed E-state index contributed by atoms with van der Waals surface area (Å²) in [6.07, 6.45) is 0. The maximum atomic E-state index is 5.37. The lowest BCUT2D eigenvalue weighted by atomic mass is 10.0. The van der Waals surface area contributed by atoms with Gasteiger partial charge in [-0.2, -0.15) is 5.53 Å². The lowest BCUT2D eigenvalue weighted by Crippen LogP contribution is -2.49. The fourth-order valence-electron chi connectivity index (χ4n) is 1.67. The van der Waals surface area contributed by atoms with Gasteiger partial charge < -0.3 is 4.74 Å². The topological polar surface area (TPSA) is 36.5 Å². The molecule has 1 aliphatic rings. The molecule has 2 N–H and O–H groups in total. The Morgan fingerprint density at radius 2 is 2.25 bits per heavy atom. The van der Waals surface area contributed by atoms with Crippen LogP contribution in [-0.2, 0) is 4.74 Å². The smallest absolute Gasteiger partial charge is 0.150 e. The first-order valence-corrected chi connectivity index (χ1v) is 3.97. The van der Waals surface area contributed by atoms with Crippen LogP contribution in [0.25, 0.3) is 0 Å². The van der Waals surface area contributed by atoms with E-state index >= 15 is 0 Å². The SMILES string of the molecule is C=C(C)C1N(C)NNC1(C)OC. The van der Waals surface area contributed by atoms with E-state index in [1.54, 1.807) is 7.11 Å². The Hall–Kier alpha value is -0.420. The fraction of sp³-hybridized carbons (Fsp3) is 0.750. The van der Waals surface area contributed by atoms with E-state index in [0.717, 1.165) is 5.57 Å². The van der Waals surface area contributed by atoms with Crippen LogP contribution in [0.4, 0.5) is 0 Å². The highest BCUT2D eigenvalue weighted by molar-refractivity contribution is 5.11. The molecule has 0 aromatic heterocycles. The van der Waals surface area contributed by atoms with Gasteiger partial charge in [0.1, 0.15) is 5.72 Å². The minimum Gasteiger partial charge on any atom is -0.361 e. The van der Waals surface area contributed by atoms with E-state index in [1.807, 2.05) is 25.9 Å². The van der Waals surface area contributed by atoms with Crippen molar-refractivity contribution in [1.82, 2.24) is 16.0 Å². The predicted octanol–water partition coefficient (Wildman–Crippen LogP) is 0.248. The van der Waals surface area contributed by atoms with Crippen molar-refractivity contribution in [1.29, 1.82) is 0 Å². The Morgan fingerprint density at radius 1 is 1.67 bits per heavy atom. The number of hydrazine groups is 2. The van der Waals surface area contributed by atoms with Crippen LogP contribution in [0.15, 0.2) is 12.2 Å². The monoisotopic (exact) mass is 171 g/mol. The third-order valence-electron chi connectivity index (χ3n) is 2.28. The highest BCUT2D eigenvalue weighted by Crippen LogP contribution is 2.23. The molecule has 4 nitrogen and oxygen atoms in total. The third-order valence-corrected chi connectivity index (χ3v) is 2.28. The lowest BCUT2D eigenvalue weighted by molar-refractivity contribution is -0.0248. The predicted molar refractivity (Wildman–Crippen MR) is 48.1 cm³/mol. The molecule has 1 fully saturated rings. The van der Waals surface area contributed by atoms with Crippen LogP contribution in [0.1, 0.15) is 13.8 Å². The molecule has 1 rings (SSSR count). The molecule has 0 saturated carbocycles. The molecule has 0 radical (unpaired) electrons. The van der Waals surface area contributed by atoms with Gasteiger partial charge >= 0.3 is 0 Å². The number of ether oxygens (including phenoxy) is 1. The zero-order valence-electron chi connectivity index (χ0n) is 8.14. The van der Waals surface area contributed by atoms with Crippen LogP contribution < -0.4 is 11.0 Å². The van der Waals surface area contributed by atoms with Gasteiger partial charge in [0, 0.05) is 14.2 Å². The van der Waals surface area contributed by atoms with Crippen LogP contribution >= 0.6 is 0 Å². The van der Waals surface area contributed by atoms with Crippen molar-refractivity contribution >= 4 is 0 Å². The Bertz CT molecular complexity index is 195. The first-order valence-electron chi connectivity index (χ1n) is 3.97. The quantitative estimate of drug-likeness (QED) is 0.584. The molecule has 70 valence electrons. The summed E-state index contributed by atoms with van der Waals surface area (Å²) in [5, 5.41) is 1.95. The second-order valence-corrected chi connectivity index (χ2v) is 3.41. The standard InChI is InChI=1S/C8H17N3O/c1-6(2)7-8(3,12-5)9-10-11(7)4/h7,9-10H,1H2,2-5H3. The van der Waals surface area contributed by atoms with Crippen LogP contribution in [0.3, 0.4) is 0 Å². The number of nitrogens with one attached hydrogen (secondary N) is 2. The van der Waals surface area contributed by atoms with E-state index in [1.165, 1.54) is 0 Å². The second-order valence-electron chi connectivity index (χ2n) is 3.41. The molecule has 1 heterocycles. The maximum absolute atomic E-state index is 5.37. The van der Waals surface area contributed by atoms with Gasteiger partial charge in [0.2, 0.25) is 0 Å². The zero-order chi connectivity index (χ0) is 9.35. The normalized spacial score (nSPS) is 37.2.